The van der Waals surface area contributed by atoms with Gasteiger partial charge in [-0.15, -0.1) is 0 Å². The van der Waals surface area contributed by atoms with Gasteiger partial charge in [-0.1, -0.05) is 106 Å². The summed E-state index contributed by atoms with van der Waals surface area (Å²) in [5.41, 5.74) is 3.16. The zero-order chi connectivity index (χ0) is 18.7. The lowest BCUT2D eigenvalue weighted by molar-refractivity contribution is -0.131. The van der Waals surface area contributed by atoms with Crippen LogP contribution in [0.3, 0.4) is 0 Å². The molecule has 2 nitrogen and oxygen atoms in total. The van der Waals surface area contributed by atoms with E-state index in [-0.39, 0.29) is 5.41 Å². The number of carboxylic acids is 1. The maximum absolute atomic E-state index is 10.6. The zero-order valence-electron chi connectivity index (χ0n) is 15.1. The second kappa shape index (κ2) is 10.1. The van der Waals surface area contributed by atoms with Crippen LogP contribution in [-0.4, -0.2) is 11.1 Å². The predicted octanol–water partition coefficient (Wildman–Crippen LogP) is 6.09. The highest BCUT2D eigenvalue weighted by Gasteiger charge is 2.14. The van der Waals surface area contributed by atoms with Gasteiger partial charge in [0.2, 0.25) is 0 Å². The van der Waals surface area contributed by atoms with Gasteiger partial charge < -0.3 is 5.11 Å². The Morgan fingerprint density at radius 3 is 1.72 bits per heavy atom. The molecule has 25 heavy (non-hydrogen) atoms. The third-order valence-electron chi connectivity index (χ3n) is 3.43. The van der Waals surface area contributed by atoms with Gasteiger partial charge in [0.15, 0.2) is 0 Å². The first kappa shape index (κ1) is 20.2. The minimum Gasteiger partial charge on any atom is -0.478 e. The first-order valence-electron chi connectivity index (χ1n) is 8.18. The molecule has 0 aromatic heterocycles. The maximum atomic E-state index is 10.6. The van der Waals surface area contributed by atoms with Crippen molar-refractivity contribution >= 4 is 18.1 Å². The van der Waals surface area contributed by atoms with E-state index in [9.17, 15) is 4.79 Å². The van der Waals surface area contributed by atoms with Crippen LogP contribution >= 0.6 is 0 Å². The molecule has 2 rings (SSSR count). The predicted molar refractivity (Wildman–Crippen MR) is 107 cm³/mol. The quantitative estimate of drug-likeness (QED) is 0.543. The molecule has 0 radical (unpaired) electrons. The molecule has 130 valence electrons. The van der Waals surface area contributed by atoms with Gasteiger partial charge in [0, 0.05) is 6.08 Å². The van der Waals surface area contributed by atoms with Gasteiger partial charge in [0.05, 0.1) is 0 Å². The number of aliphatic carboxylic acids is 1. The summed E-state index contributed by atoms with van der Waals surface area (Å²) >= 11 is 0. The van der Waals surface area contributed by atoms with Crippen molar-refractivity contribution in [2.24, 2.45) is 5.41 Å². The monoisotopic (exact) mass is 334 g/mol. The van der Waals surface area contributed by atoms with E-state index in [2.05, 4.69) is 27.4 Å². The third kappa shape index (κ3) is 8.52. The second-order valence-corrected chi connectivity index (χ2v) is 6.55. The van der Waals surface area contributed by atoms with Crippen molar-refractivity contribution in [2.45, 2.75) is 20.8 Å². The first-order valence-corrected chi connectivity index (χ1v) is 8.18. The van der Waals surface area contributed by atoms with Crippen molar-refractivity contribution in [3.05, 3.63) is 96.1 Å². The molecule has 0 spiro atoms. The summed E-state index contributed by atoms with van der Waals surface area (Å²) in [5, 5.41) is 8.68. The summed E-state index contributed by atoms with van der Waals surface area (Å²) in [6.45, 7) is 9.82. The number of allylic oxidation sites excluding steroid dienone is 2. The molecule has 0 bridgehead atoms. The van der Waals surface area contributed by atoms with Gasteiger partial charge in [-0.3, -0.25) is 0 Å². The van der Waals surface area contributed by atoms with Gasteiger partial charge in [0.25, 0.3) is 0 Å². The van der Waals surface area contributed by atoms with Crippen LogP contribution in [0.15, 0.2) is 85.0 Å². The molecule has 0 amide bonds. The third-order valence-corrected chi connectivity index (χ3v) is 3.43. The number of rotatable bonds is 4. The molecule has 0 atom stereocenters. The highest BCUT2D eigenvalue weighted by Crippen LogP contribution is 2.28. The summed E-state index contributed by atoms with van der Waals surface area (Å²) in [5.74, 6) is -0.923. The summed E-state index contributed by atoms with van der Waals surface area (Å²) in [4.78, 5) is 10.6. The number of carbonyl (C=O) groups is 1. The number of hydrogen-bond donors (Lipinski definition) is 1. The van der Waals surface area contributed by atoms with Crippen LogP contribution in [0.1, 0.15) is 31.9 Å². The Morgan fingerprint density at radius 2 is 1.36 bits per heavy atom. The Balaban J connectivity index is 0.000000324. The van der Waals surface area contributed by atoms with Gasteiger partial charge in [-0.2, -0.15) is 0 Å². The lowest BCUT2D eigenvalue weighted by Gasteiger charge is -2.20. The Hall–Kier alpha value is -2.87. The smallest absolute Gasteiger partial charge is 0.328 e. The molecule has 2 heteroatoms. The summed E-state index contributed by atoms with van der Waals surface area (Å²) in [6.07, 6.45) is 6.69. The summed E-state index contributed by atoms with van der Waals surface area (Å²) in [6, 6.07) is 19.9. The topological polar surface area (TPSA) is 37.3 Å². The van der Waals surface area contributed by atoms with Crippen molar-refractivity contribution < 1.29 is 9.90 Å². The van der Waals surface area contributed by atoms with Crippen LogP contribution < -0.4 is 0 Å². The van der Waals surface area contributed by atoms with Crippen LogP contribution in [0, 0.1) is 5.41 Å². The van der Waals surface area contributed by atoms with Crippen LogP contribution in [0.25, 0.3) is 12.2 Å². The molecule has 0 unspecified atom stereocenters. The van der Waals surface area contributed by atoms with E-state index in [1.165, 1.54) is 11.6 Å². The molecule has 2 aromatic carbocycles. The van der Waals surface area contributed by atoms with Gasteiger partial charge >= 0.3 is 5.97 Å². The number of carboxylic acid groups (broad SMARTS) is 1. The molecular weight excluding hydrogens is 308 g/mol. The van der Waals surface area contributed by atoms with Crippen molar-refractivity contribution in [1.82, 2.24) is 0 Å². The highest BCUT2D eigenvalue weighted by molar-refractivity contribution is 5.81. The molecule has 2 aromatic rings. The fourth-order valence-electron chi connectivity index (χ4n) is 1.99. The summed E-state index contributed by atoms with van der Waals surface area (Å²) in [7, 11) is 0. The molecule has 0 aliphatic carbocycles. The number of benzene rings is 2. The largest absolute Gasteiger partial charge is 0.478 e. The maximum Gasteiger partial charge on any atom is 0.328 e. The Kier molecular flexibility index (Phi) is 8.14. The molecule has 0 heterocycles. The Bertz CT molecular complexity index is 718. The fourth-order valence-corrected chi connectivity index (χ4v) is 1.99. The van der Waals surface area contributed by atoms with Gasteiger partial charge in [-0.25, -0.2) is 4.79 Å². The van der Waals surface area contributed by atoms with Crippen LogP contribution in [-0.2, 0) is 4.79 Å². The van der Waals surface area contributed by atoms with Gasteiger partial charge in [-0.05, 0) is 22.1 Å². The normalized spacial score (nSPS) is 11.6. The van der Waals surface area contributed by atoms with Crippen molar-refractivity contribution in [1.29, 1.82) is 0 Å². The zero-order valence-corrected chi connectivity index (χ0v) is 15.1. The lowest BCUT2D eigenvalue weighted by atomic mass is 9.85. The minimum atomic E-state index is -0.923. The van der Waals surface area contributed by atoms with Crippen molar-refractivity contribution in [3.8, 4) is 0 Å². The van der Waals surface area contributed by atoms with Crippen LogP contribution in [0.5, 0.6) is 0 Å². The SMILES string of the molecule is C=Cc1ccccc1.CC(C)(C)C(C=CC(=O)O)=Cc1ccccc1. The lowest BCUT2D eigenvalue weighted by Crippen LogP contribution is -2.07. The molecular formula is C23H26O2. The van der Waals surface area contributed by atoms with Crippen LogP contribution in [0.2, 0.25) is 0 Å². The number of hydrogen-bond acceptors (Lipinski definition) is 1. The van der Waals surface area contributed by atoms with E-state index in [0.29, 0.717) is 0 Å². The molecule has 0 aliphatic heterocycles. The first-order chi connectivity index (χ1) is 11.8. The Morgan fingerprint density at radius 1 is 0.880 bits per heavy atom. The molecule has 0 saturated carbocycles. The van der Waals surface area contributed by atoms with E-state index >= 15 is 0 Å². The fraction of sp³-hybridized carbons (Fsp3) is 0.174. The average molecular weight is 334 g/mol. The average Bonchev–Trinajstić information content (AvgIpc) is 2.59. The van der Waals surface area contributed by atoms with E-state index < -0.39 is 5.97 Å². The van der Waals surface area contributed by atoms with E-state index in [0.717, 1.165) is 11.1 Å². The van der Waals surface area contributed by atoms with Crippen molar-refractivity contribution in [2.75, 3.05) is 0 Å². The van der Waals surface area contributed by atoms with E-state index in [1.807, 2.05) is 72.8 Å². The Labute approximate surface area is 150 Å². The standard InChI is InChI=1S/C15H18O2.C8H8/c1-15(2,3)13(9-10-14(16)17)11-12-7-5-4-6-8-12;1-2-8-6-4-3-5-7-8/h4-11H,1-3H3,(H,16,17);2-7H,1H2. The second-order valence-electron chi connectivity index (χ2n) is 6.55. The molecule has 0 saturated heterocycles. The molecule has 1 N–H and O–H groups in total. The molecule has 0 fully saturated rings. The van der Waals surface area contributed by atoms with Crippen LogP contribution in [0.4, 0.5) is 0 Å². The van der Waals surface area contributed by atoms with E-state index in [1.54, 1.807) is 6.08 Å². The van der Waals surface area contributed by atoms with Gasteiger partial charge in [0.1, 0.15) is 0 Å². The van der Waals surface area contributed by atoms with E-state index in [4.69, 9.17) is 5.11 Å². The summed E-state index contributed by atoms with van der Waals surface area (Å²) < 4.78 is 0. The highest BCUT2D eigenvalue weighted by atomic mass is 16.4. The van der Waals surface area contributed by atoms with Crippen molar-refractivity contribution in [3.63, 3.8) is 0 Å². The minimum absolute atomic E-state index is 0.0816. The molecule has 0 aliphatic rings.